The van der Waals surface area contributed by atoms with Crippen LogP contribution in [0.25, 0.3) is 0 Å². The van der Waals surface area contributed by atoms with Gasteiger partial charge in [-0.15, -0.1) is 0 Å². The van der Waals surface area contributed by atoms with E-state index < -0.39 is 17.1 Å². The molecule has 0 rings (SSSR count). The average molecular weight is 363 g/mol. The van der Waals surface area contributed by atoms with Crippen molar-refractivity contribution in [2.45, 2.75) is 104 Å². The van der Waals surface area contributed by atoms with Crippen LogP contribution in [0.4, 0.5) is 0 Å². The summed E-state index contributed by atoms with van der Waals surface area (Å²) >= 11 is 0. The van der Waals surface area contributed by atoms with Crippen LogP contribution >= 0.6 is 0 Å². The number of hydrogen-bond donors (Lipinski definition) is 0. The third-order valence-corrected chi connectivity index (χ3v) is 13.5. The Morgan fingerprint density at radius 3 is 1.00 bits per heavy atom. The lowest BCUT2D eigenvalue weighted by molar-refractivity contribution is 0.177. The lowest BCUT2D eigenvalue weighted by atomic mass is 10.5. The van der Waals surface area contributed by atoms with Gasteiger partial charge >= 0.3 is 17.1 Å². The summed E-state index contributed by atoms with van der Waals surface area (Å²) in [5.74, 6) is 0. The molecule has 23 heavy (non-hydrogen) atoms. The van der Waals surface area contributed by atoms with Crippen LogP contribution in [0.3, 0.4) is 0 Å². The average Bonchev–Trinajstić information content (AvgIpc) is 2.52. The normalized spacial score (nSPS) is 12.8. The third-order valence-electron chi connectivity index (χ3n) is 4.03. The quantitative estimate of drug-likeness (QED) is 0.298. The molecule has 0 aliphatic carbocycles. The zero-order valence-electron chi connectivity index (χ0n) is 16.7. The molecule has 0 aliphatic heterocycles. The molecule has 0 aromatic heterocycles. The van der Waals surface area contributed by atoms with Gasteiger partial charge in [-0.25, -0.2) is 0 Å². The van der Waals surface area contributed by atoms with Crippen molar-refractivity contribution in [1.29, 1.82) is 0 Å². The van der Waals surface area contributed by atoms with Crippen molar-refractivity contribution in [2.24, 2.45) is 0 Å². The smallest absolute Gasteiger partial charge is 0.329 e. The van der Waals surface area contributed by atoms with Crippen LogP contribution in [0, 0.1) is 0 Å². The SMILES string of the molecule is CCCO[Si](CCC)(CCC)O[Si](CCC)(CCC)OCCC. The molecule has 0 aliphatic rings. The maximum atomic E-state index is 7.02. The van der Waals surface area contributed by atoms with Crippen molar-refractivity contribution in [3.8, 4) is 0 Å². The van der Waals surface area contributed by atoms with Gasteiger partial charge in [-0.05, 0) is 37.0 Å². The zero-order valence-corrected chi connectivity index (χ0v) is 18.7. The Labute approximate surface area is 148 Å². The molecule has 3 nitrogen and oxygen atoms in total. The van der Waals surface area contributed by atoms with Crippen molar-refractivity contribution < 1.29 is 13.0 Å². The van der Waals surface area contributed by atoms with Gasteiger partial charge < -0.3 is 13.0 Å². The van der Waals surface area contributed by atoms with Gasteiger partial charge in [0.25, 0.3) is 0 Å². The molecule has 5 heteroatoms. The van der Waals surface area contributed by atoms with E-state index in [0.29, 0.717) is 0 Å². The van der Waals surface area contributed by atoms with Gasteiger partial charge in [0.1, 0.15) is 0 Å². The Kier molecular flexibility index (Phi) is 13.8. The highest BCUT2D eigenvalue weighted by Crippen LogP contribution is 2.33. The largest absolute Gasteiger partial charge is 0.414 e. The van der Waals surface area contributed by atoms with E-state index in [1.807, 2.05) is 0 Å². The van der Waals surface area contributed by atoms with Gasteiger partial charge in [-0.3, -0.25) is 0 Å². The van der Waals surface area contributed by atoms with Crippen LogP contribution in [0.15, 0.2) is 0 Å². The lowest BCUT2D eigenvalue weighted by Gasteiger charge is -2.41. The summed E-state index contributed by atoms with van der Waals surface area (Å²) in [5.41, 5.74) is 0. The Morgan fingerprint density at radius 2 is 0.783 bits per heavy atom. The molecule has 0 bridgehead atoms. The Morgan fingerprint density at radius 1 is 0.478 bits per heavy atom. The fourth-order valence-corrected chi connectivity index (χ4v) is 13.3. The minimum Gasteiger partial charge on any atom is -0.414 e. The van der Waals surface area contributed by atoms with E-state index in [-0.39, 0.29) is 0 Å². The molecule has 0 unspecified atom stereocenters. The van der Waals surface area contributed by atoms with Gasteiger partial charge in [0.2, 0.25) is 0 Å². The maximum absolute atomic E-state index is 7.02. The van der Waals surface area contributed by atoms with E-state index in [9.17, 15) is 0 Å². The second-order valence-corrected chi connectivity index (χ2v) is 13.7. The highest BCUT2D eigenvalue weighted by Gasteiger charge is 2.47. The minimum absolute atomic E-state index is 0.836. The van der Waals surface area contributed by atoms with E-state index in [4.69, 9.17) is 13.0 Å². The summed E-state index contributed by atoms with van der Waals surface area (Å²) < 4.78 is 19.9. The third kappa shape index (κ3) is 8.82. The van der Waals surface area contributed by atoms with Gasteiger partial charge in [0.15, 0.2) is 0 Å². The van der Waals surface area contributed by atoms with Crippen LogP contribution in [-0.4, -0.2) is 30.3 Å². The molecular weight excluding hydrogens is 320 g/mol. The van der Waals surface area contributed by atoms with E-state index in [1.54, 1.807) is 0 Å². The van der Waals surface area contributed by atoms with E-state index in [1.165, 1.54) is 0 Å². The van der Waals surface area contributed by atoms with E-state index in [2.05, 4.69) is 41.5 Å². The van der Waals surface area contributed by atoms with E-state index >= 15 is 0 Å². The molecule has 0 saturated carbocycles. The molecule has 140 valence electrons. The van der Waals surface area contributed by atoms with Gasteiger partial charge in [0.05, 0.1) is 0 Å². The molecule has 0 saturated heterocycles. The highest BCUT2D eigenvalue weighted by molar-refractivity contribution is 6.81. The molecule has 0 aromatic carbocycles. The number of rotatable bonds is 16. The summed E-state index contributed by atoms with van der Waals surface area (Å²) in [4.78, 5) is 0. The molecule has 0 spiro atoms. The Balaban J connectivity index is 5.39. The molecule has 0 atom stereocenters. The first-order valence-corrected chi connectivity index (χ1v) is 14.5. The van der Waals surface area contributed by atoms with Crippen LogP contribution in [0.5, 0.6) is 0 Å². The fourth-order valence-electron chi connectivity index (χ4n) is 3.24. The molecule has 0 N–H and O–H groups in total. The first-order valence-electron chi connectivity index (χ1n) is 10.1. The molecule has 0 aromatic rings. The van der Waals surface area contributed by atoms with Gasteiger partial charge in [-0.1, -0.05) is 67.2 Å². The molecular formula is C18H42O3Si2. The second kappa shape index (κ2) is 13.6. The first-order chi connectivity index (χ1) is 11.1. The topological polar surface area (TPSA) is 27.7 Å². The van der Waals surface area contributed by atoms with Crippen LogP contribution in [-0.2, 0) is 13.0 Å². The van der Waals surface area contributed by atoms with Gasteiger partial charge in [-0.2, -0.15) is 0 Å². The summed E-state index contributed by atoms with van der Waals surface area (Å²) in [7, 11) is -4.28. The van der Waals surface area contributed by atoms with Crippen molar-refractivity contribution in [2.75, 3.05) is 13.2 Å². The van der Waals surface area contributed by atoms with Crippen molar-refractivity contribution in [3.05, 3.63) is 0 Å². The van der Waals surface area contributed by atoms with Crippen LogP contribution in [0.2, 0.25) is 24.2 Å². The van der Waals surface area contributed by atoms with Gasteiger partial charge in [0, 0.05) is 13.2 Å². The van der Waals surface area contributed by atoms with Crippen molar-refractivity contribution >= 4 is 17.1 Å². The Bertz CT molecular complexity index is 237. The predicted octanol–water partition coefficient (Wildman–Crippen LogP) is 6.38. The monoisotopic (exact) mass is 362 g/mol. The predicted molar refractivity (Wildman–Crippen MR) is 105 cm³/mol. The number of hydrogen-bond acceptors (Lipinski definition) is 3. The standard InChI is InChI=1S/C18H42O3Si2/c1-7-13-19-22(15-9-3,16-10-4)21-23(17-11-5,18-12-6)20-14-8-2/h7-18H2,1-6H3. The Hall–Kier alpha value is 0.314. The molecule has 0 amide bonds. The highest BCUT2D eigenvalue weighted by atomic mass is 28.5. The maximum Gasteiger partial charge on any atom is 0.329 e. The zero-order chi connectivity index (χ0) is 17.6. The fraction of sp³-hybridized carbons (Fsp3) is 1.00. The summed E-state index contributed by atoms with van der Waals surface area (Å²) in [6, 6.07) is 4.44. The molecule has 0 heterocycles. The second-order valence-electron chi connectivity index (χ2n) is 6.62. The minimum atomic E-state index is -2.14. The van der Waals surface area contributed by atoms with Crippen molar-refractivity contribution in [1.82, 2.24) is 0 Å². The van der Waals surface area contributed by atoms with Crippen LogP contribution < -0.4 is 0 Å². The molecule has 0 radical (unpaired) electrons. The lowest BCUT2D eigenvalue weighted by Crippen LogP contribution is -2.55. The summed E-state index contributed by atoms with van der Waals surface area (Å²) in [5, 5.41) is 0. The van der Waals surface area contributed by atoms with E-state index in [0.717, 1.165) is 75.9 Å². The summed E-state index contributed by atoms with van der Waals surface area (Å²) in [6.07, 6.45) is 6.71. The van der Waals surface area contributed by atoms with Crippen molar-refractivity contribution in [3.63, 3.8) is 0 Å². The molecule has 0 fully saturated rings. The first kappa shape index (κ1) is 23.3. The summed E-state index contributed by atoms with van der Waals surface area (Å²) in [6.45, 7) is 15.1. The van der Waals surface area contributed by atoms with Crippen LogP contribution in [0.1, 0.15) is 80.1 Å².